The molecule has 2 aromatic rings. The van der Waals surface area contributed by atoms with Gasteiger partial charge in [0.1, 0.15) is 19.0 Å². The number of thioether (sulfide) groups is 1. The summed E-state index contributed by atoms with van der Waals surface area (Å²) in [6.07, 6.45) is 4.73. The van der Waals surface area contributed by atoms with Gasteiger partial charge >= 0.3 is 6.09 Å². The number of benzene rings is 1. The van der Waals surface area contributed by atoms with Gasteiger partial charge in [0, 0.05) is 45.1 Å². The third-order valence-electron chi connectivity index (χ3n) is 4.42. The van der Waals surface area contributed by atoms with Crippen molar-refractivity contribution in [3.05, 3.63) is 66.2 Å². The van der Waals surface area contributed by atoms with E-state index in [1.807, 2.05) is 24.4 Å². The first-order chi connectivity index (χ1) is 14.0. The summed E-state index contributed by atoms with van der Waals surface area (Å²) in [6, 6.07) is 5.88. The Balaban J connectivity index is 1.62. The van der Waals surface area contributed by atoms with Crippen molar-refractivity contribution < 1.29 is 14.3 Å². The molecule has 0 radical (unpaired) electrons. The van der Waals surface area contributed by atoms with Crippen molar-refractivity contribution in [2.75, 3.05) is 30.4 Å². The van der Waals surface area contributed by atoms with Gasteiger partial charge in [-0.1, -0.05) is 43.0 Å². The number of allylic oxidation sites excluding steroid dienone is 3. The quantitative estimate of drug-likeness (QED) is 0.363. The number of carbonyl (C=O) groups is 1. The summed E-state index contributed by atoms with van der Waals surface area (Å²) in [6.45, 7) is 10.1. The molecule has 1 aliphatic heterocycles. The number of aromatic amines is 1. The van der Waals surface area contributed by atoms with Crippen LogP contribution in [0.3, 0.4) is 0 Å². The minimum Gasteiger partial charge on any atom is -0.490 e. The molecular weight excluding hydrogens is 410 g/mol. The van der Waals surface area contributed by atoms with Crippen molar-refractivity contribution >= 4 is 35.1 Å². The number of nitrogens with zero attached hydrogens (tertiary/aromatic N) is 2. The van der Waals surface area contributed by atoms with E-state index in [2.05, 4.69) is 23.4 Å². The number of halogens is 1. The van der Waals surface area contributed by atoms with Gasteiger partial charge in [-0.05, 0) is 13.0 Å². The molecule has 0 spiro atoms. The number of H-pyrrole nitrogens is 1. The van der Waals surface area contributed by atoms with Crippen molar-refractivity contribution in [1.82, 2.24) is 10.2 Å². The average Bonchev–Trinajstić information content (AvgIpc) is 3.29. The number of fused-ring (bicyclic) bond motifs is 1. The monoisotopic (exact) mass is 431 g/mol. The lowest BCUT2D eigenvalue weighted by molar-refractivity contribution is 0.111. The van der Waals surface area contributed by atoms with Crippen molar-refractivity contribution in [1.29, 1.82) is 0 Å². The van der Waals surface area contributed by atoms with Crippen LogP contribution in [0.15, 0.2) is 71.1 Å². The molecule has 1 aromatic heterocycles. The maximum atomic E-state index is 12.6. The van der Waals surface area contributed by atoms with E-state index in [0.717, 1.165) is 27.5 Å². The van der Waals surface area contributed by atoms with Crippen LogP contribution in [0.5, 0.6) is 0 Å². The van der Waals surface area contributed by atoms with Crippen molar-refractivity contribution in [2.45, 2.75) is 11.8 Å². The van der Waals surface area contributed by atoms with Gasteiger partial charge in [-0.15, -0.1) is 11.8 Å². The molecule has 0 saturated carbocycles. The third-order valence-corrected chi connectivity index (χ3v) is 5.96. The molecule has 1 N–H and O–H groups in total. The zero-order valence-corrected chi connectivity index (χ0v) is 17.7. The van der Waals surface area contributed by atoms with Crippen LogP contribution in [0.4, 0.5) is 10.5 Å². The van der Waals surface area contributed by atoms with Crippen LogP contribution < -0.4 is 4.90 Å². The van der Waals surface area contributed by atoms with Gasteiger partial charge in [0.25, 0.3) is 0 Å². The zero-order valence-electron chi connectivity index (χ0n) is 16.1. The number of aromatic nitrogens is 2. The molecule has 2 heterocycles. The van der Waals surface area contributed by atoms with Gasteiger partial charge in [0.15, 0.2) is 0 Å². The first-order valence-electron chi connectivity index (χ1n) is 9.03. The second-order valence-corrected chi connectivity index (χ2v) is 7.72. The molecule has 1 aromatic carbocycles. The second kappa shape index (κ2) is 9.71. The summed E-state index contributed by atoms with van der Waals surface area (Å²) in [5.74, 6) is 1.21. The van der Waals surface area contributed by atoms with Crippen LogP contribution in [0.2, 0.25) is 0 Å². The largest absolute Gasteiger partial charge is 0.490 e. The normalized spacial score (nSPS) is 13.9. The molecule has 1 amide bonds. The van der Waals surface area contributed by atoms with E-state index >= 15 is 0 Å². The fraction of sp³-hybridized carbons (Fsp3) is 0.238. The summed E-state index contributed by atoms with van der Waals surface area (Å²) in [4.78, 5) is 15.3. The Kier molecular flexibility index (Phi) is 7.06. The molecule has 1 aliphatic rings. The fourth-order valence-electron chi connectivity index (χ4n) is 2.83. The fourth-order valence-corrected chi connectivity index (χ4v) is 4.08. The van der Waals surface area contributed by atoms with E-state index in [9.17, 15) is 4.79 Å². The molecule has 29 heavy (non-hydrogen) atoms. The number of rotatable bonds is 7. The van der Waals surface area contributed by atoms with Crippen LogP contribution >= 0.6 is 23.4 Å². The topological polar surface area (TPSA) is 67.5 Å². The van der Waals surface area contributed by atoms with Gasteiger partial charge in [-0.25, -0.2) is 4.79 Å². The number of nitrogens with one attached hydrogen (secondary N) is 1. The van der Waals surface area contributed by atoms with E-state index in [1.165, 1.54) is 6.08 Å². The first-order valence-corrected chi connectivity index (χ1v) is 10.4. The molecule has 0 unspecified atom stereocenters. The predicted molar refractivity (Wildman–Crippen MR) is 117 cm³/mol. The minimum absolute atomic E-state index is 0.108. The second-order valence-electron chi connectivity index (χ2n) is 6.20. The molecule has 0 aliphatic carbocycles. The Hall–Kier alpha value is -2.64. The van der Waals surface area contributed by atoms with Gasteiger partial charge in [-0.2, -0.15) is 5.10 Å². The van der Waals surface area contributed by atoms with Gasteiger partial charge in [-0.3, -0.25) is 10.00 Å². The number of hydrogen-bond acceptors (Lipinski definition) is 5. The van der Waals surface area contributed by atoms with Crippen LogP contribution in [0.1, 0.15) is 6.92 Å². The van der Waals surface area contributed by atoms with Crippen LogP contribution in [0.25, 0.3) is 11.1 Å². The van der Waals surface area contributed by atoms with E-state index in [1.54, 1.807) is 29.8 Å². The van der Waals surface area contributed by atoms with Crippen LogP contribution in [-0.4, -0.2) is 41.8 Å². The standard InChI is InChI=1S/C21H22ClN3O3S/c1-4-18(22)14(2)15(3)27-9-10-28-21(26)25-8-11-29-20-17(6-5-7-19(20)25)16-12-23-24-13-16/h4-7,12-13H,1,3,8-11H2,2H3,(H,23,24)/b18-14+. The van der Waals surface area contributed by atoms with Crippen LogP contribution in [0, 0.1) is 0 Å². The Morgan fingerprint density at radius 2 is 2.21 bits per heavy atom. The molecular formula is C21H22ClN3O3S. The average molecular weight is 432 g/mol. The first kappa shape index (κ1) is 21.1. The highest BCUT2D eigenvalue weighted by molar-refractivity contribution is 7.99. The predicted octanol–water partition coefficient (Wildman–Crippen LogP) is 5.35. The van der Waals surface area contributed by atoms with E-state index in [0.29, 0.717) is 22.9 Å². The lowest BCUT2D eigenvalue weighted by Gasteiger charge is -2.29. The summed E-state index contributed by atoms with van der Waals surface area (Å²) in [5.41, 5.74) is 3.56. The Labute approximate surface area is 179 Å². The minimum atomic E-state index is -0.401. The molecule has 0 saturated heterocycles. The number of carbonyl (C=O) groups excluding carboxylic acids is 1. The van der Waals surface area contributed by atoms with Gasteiger partial charge < -0.3 is 9.47 Å². The highest BCUT2D eigenvalue weighted by Gasteiger charge is 2.26. The molecule has 152 valence electrons. The molecule has 8 heteroatoms. The van der Waals surface area contributed by atoms with Crippen molar-refractivity contribution in [3.63, 3.8) is 0 Å². The van der Waals surface area contributed by atoms with Crippen molar-refractivity contribution in [2.24, 2.45) is 0 Å². The summed E-state index contributed by atoms with van der Waals surface area (Å²) >= 11 is 7.72. The highest BCUT2D eigenvalue weighted by Crippen LogP contribution is 2.41. The maximum Gasteiger partial charge on any atom is 0.414 e. The zero-order chi connectivity index (χ0) is 20.8. The number of amides is 1. The SMILES string of the molecule is C=C/C(Cl)=C(/C)C(=C)OCCOC(=O)N1CCSc2c(-c3cn[nH]c3)cccc21. The summed E-state index contributed by atoms with van der Waals surface area (Å²) in [5, 5.41) is 7.32. The molecule has 0 bridgehead atoms. The Bertz CT molecular complexity index is 941. The smallest absolute Gasteiger partial charge is 0.414 e. The highest BCUT2D eigenvalue weighted by atomic mass is 35.5. The maximum absolute atomic E-state index is 12.6. The molecule has 3 rings (SSSR count). The lowest BCUT2D eigenvalue weighted by Crippen LogP contribution is -2.36. The number of hydrogen-bond donors (Lipinski definition) is 1. The molecule has 0 atom stereocenters. The van der Waals surface area contributed by atoms with Crippen molar-refractivity contribution in [3.8, 4) is 11.1 Å². The molecule has 6 nitrogen and oxygen atoms in total. The van der Waals surface area contributed by atoms with E-state index < -0.39 is 6.09 Å². The number of ether oxygens (including phenoxy) is 2. The van der Waals surface area contributed by atoms with Gasteiger partial charge in [0.2, 0.25) is 0 Å². The van der Waals surface area contributed by atoms with E-state index in [4.69, 9.17) is 21.1 Å². The van der Waals surface area contributed by atoms with E-state index in [-0.39, 0.29) is 13.2 Å². The number of anilines is 1. The summed E-state index contributed by atoms with van der Waals surface area (Å²) < 4.78 is 10.9. The molecule has 0 fully saturated rings. The Morgan fingerprint density at radius 3 is 2.93 bits per heavy atom. The van der Waals surface area contributed by atoms with Gasteiger partial charge in [0.05, 0.1) is 11.9 Å². The third kappa shape index (κ3) is 4.86. The summed E-state index contributed by atoms with van der Waals surface area (Å²) in [7, 11) is 0. The lowest BCUT2D eigenvalue weighted by atomic mass is 10.1. The Morgan fingerprint density at radius 1 is 1.41 bits per heavy atom. The van der Waals surface area contributed by atoms with Crippen LogP contribution in [-0.2, 0) is 9.47 Å².